The van der Waals surface area contributed by atoms with E-state index in [-0.39, 0.29) is 12.4 Å². The monoisotopic (exact) mass is 445 g/mol. The van der Waals surface area contributed by atoms with Crippen LogP contribution in [0, 0.1) is 5.92 Å². The molecule has 2 N–H and O–H groups in total. The van der Waals surface area contributed by atoms with Crippen molar-refractivity contribution in [2.24, 2.45) is 5.92 Å². The summed E-state index contributed by atoms with van der Waals surface area (Å²) in [4.78, 5) is 23.0. The molecule has 3 heterocycles. The van der Waals surface area contributed by atoms with Gasteiger partial charge in [0, 0.05) is 38.2 Å². The van der Waals surface area contributed by atoms with Crippen LogP contribution in [0.4, 0.5) is 0 Å². The first-order valence-electron chi connectivity index (χ1n) is 10.9. The molecule has 0 aliphatic carbocycles. The smallest absolute Gasteiger partial charge is 0.290 e. The molecule has 1 saturated heterocycles. The molecule has 4 bridgehead atoms. The van der Waals surface area contributed by atoms with Gasteiger partial charge in [-0.15, -0.1) is 5.10 Å². The Morgan fingerprint density at radius 3 is 2.97 bits per heavy atom. The summed E-state index contributed by atoms with van der Waals surface area (Å²) in [6.45, 7) is 4.31. The largest absolute Gasteiger partial charge is 0.493 e. The van der Waals surface area contributed by atoms with E-state index in [0.717, 1.165) is 68.2 Å². The van der Waals surface area contributed by atoms with Crippen molar-refractivity contribution in [3.63, 3.8) is 0 Å². The molecule has 1 aromatic heterocycles. The molecule has 10 heteroatoms. The van der Waals surface area contributed by atoms with Crippen molar-refractivity contribution in [3.8, 4) is 11.5 Å². The maximum absolute atomic E-state index is 12.2. The Balaban J connectivity index is 0.000000913. The van der Waals surface area contributed by atoms with Crippen LogP contribution in [-0.2, 0) is 29.3 Å². The van der Waals surface area contributed by atoms with Gasteiger partial charge in [0.05, 0.1) is 13.3 Å². The fraction of sp³-hybridized carbons (Fsp3) is 0.545. The fourth-order valence-corrected chi connectivity index (χ4v) is 4.12. The van der Waals surface area contributed by atoms with E-state index >= 15 is 0 Å². The number of aromatic nitrogens is 3. The Labute approximate surface area is 187 Å². The van der Waals surface area contributed by atoms with E-state index in [0.29, 0.717) is 25.5 Å². The summed E-state index contributed by atoms with van der Waals surface area (Å²) in [5.74, 6) is 2.10. The first-order chi connectivity index (χ1) is 15.6. The zero-order valence-corrected chi connectivity index (χ0v) is 18.4. The molecule has 0 spiro atoms. The number of carbonyl (C=O) groups is 2. The quantitative estimate of drug-likeness (QED) is 0.637. The Morgan fingerprint density at radius 2 is 2.16 bits per heavy atom. The highest BCUT2D eigenvalue weighted by atomic mass is 16.5. The number of aryl methyl sites for hydroxylation is 1. The minimum atomic E-state index is -0.250. The Morgan fingerprint density at radius 1 is 1.31 bits per heavy atom. The zero-order valence-electron chi connectivity index (χ0n) is 18.4. The lowest BCUT2D eigenvalue weighted by molar-refractivity contribution is -0.123. The lowest BCUT2D eigenvalue weighted by Gasteiger charge is -2.33. The third-order valence-electron chi connectivity index (χ3n) is 5.61. The summed E-state index contributed by atoms with van der Waals surface area (Å²) in [6.07, 6.45) is 5.41. The van der Waals surface area contributed by atoms with Crippen LogP contribution in [0.25, 0.3) is 0 Å². The zero-order chi connectivity index (χ0) is 22.8. The van der Waals surface area contributed by atoms with Crippen molar-refractivity contribution in [2.45, 2.75) is 45.4 Å². The summed E-state index contributed by atoms with van der Waals surface area (Å²) in [5, 5.41) is 18.3. The fourth-order valence-electron chi connectivity index (χ4n) is 4.12. The molecule has 2 unspecified atom stereocenters. The number of hydrogen-bond donors (Lipinski definition) is 2. The van der Waals surface area contributed by atoms with Crippen LogP contribution in [-0.4, -0.2) is 64.1 Å². The molecule has 2 aliphatic heterocycles. The van der Waals surface area contributed by atoms with Gasteiger partial charge in [0.25, 0.3) is 6.47 Å². The average molecular weight is 446 g/mol. The van der Waals surface area contributed by atoms with E-state index in [2.05, 4.69) is 26.6 Å². The topological polar surface area (TPSA) is 119 Å². The highest BCUT2D eigenvalue weighted by Crippen LogP contribution is 2.33. The molecule has 4 rings (SSSR count). The van der Waals surface area contributed by atoms with Gasteiger partial charge in [0.2, 0.25) is 5.91 Å². The lowest BCUT2D eigenvalue weighted by atomic mass is 9.97. The van der Waals surface area contributed by atoms with Crippen LogP contribution in [0.5, 0.6) is 11.5 Å². The maximum Gasteiger partial charge on any atom is 0.290 e. The number of benzene rings is 1. The molecule has 2 aromatic rings. The number of rotatable bonds is 1. The summed E-state index contributed by atoms with van der Waals surface area (Å²) in [5.41, 5.74) is 1.86. The number of para-hydroxylation sites is 1. The number of fused-ring (bicyclic) bond motifs is 5. The predicted molar refractivity (Wildman–Crippen MR) is 116 cm³/mol. The van der Waals surface area contributed by atoms with Crippen molar-refractivity contribution in [3.05, 3.63) is 35.7 Å². The molecule has 0 saturated carbocycles. The van der Waals surface area contributed by atoms with Crippen molar-refractivity contribution >= 4 is 12.4 Å². The Kier molecular flexibility index (Phi) is 8.85. The number of piperidine rings is 1. The molecule has 2 atom stereocenters. The molecule has 1 aromatic carbocycles. The third kappa shape index (κ3) is 6.68. The molecule has 32 heavy (non-hydrogen) atoms. The maximum atomic E-state index is 12.2. The summed E-state index contributed by atoms with van der Waals surface area (Å²) in [7, 11) is 1.66. The van der Waals surface area contributed by atoms with Gasteiger partial charge in [-0.25, -0.2) is 0 Å². The molecule has 174 valence electrons. The molecular weight excluding hydrogens is 414 g/mol. The Bertz CT molecular complexity index is 887. The van der Waals surface area contributed by atoms with Gasteiger partial charge in [0.1, 0.15) is 12.3 Å². The van der Waals surface area contributed by atoms with Crippen LogP contribution in [0.15, 0.2) is 24.4 Å². The van der Waals surface area contributed by atoms with E-state index in [9.17, 15) is 4.79 Å². The predicted octanol–water partition coefficient (Wildman–Crippen LogP) is 1.69. The molecule has 1 fully saturated rings. The highest BCUT2D eigenvalue weighted by molar-refractivity contribution is 5.75. The van der Waals surface area contributed by atoms with Crippen molar-refractivity contribution < 1.29 is 24.2 Å². The minimum Gasteiger partial charge on any atom is -0.493 e. The number of hydrogen-bond acceptors (Lipinski definition) is 7. The van der Waals surface area contributed by atoms with Crippen LogP contribution in [0.3, 0.4) is 0 Å². The number of methoxy groups -OCH3 is 1. The molecular formula is C22H31N5O5. The van der Waals surface area contributed by atoms with E-state index in [1.54, 1.807) is 11.8 Å². The first-order valence-corrected chi connectivity index (χ1v) is 10.9. The minimum absolute atomic E-state index is 0.116. The van der Waals surface area contributed by atoms with Gasteiger partial charge in [0.15, 0.2) is 11.5 Å². The molecule has 0 radical (unpaired) electrons. The second kappa shape index (κ2) is 12.0. The van der Waals surface area contributed by atoms with E-state index < -0.39 is 0 Å². The van der Waals surface area contributed by atoms with Gasteiger partial charge < -0.3 is 19.9 Å². The number of nitrogens with one attached hydrogen (secondary N) is 1. The van der Waals surface area contributed by atoms with Gasteiger partial charge >= 0.3 is 0 Å². The highest BCUT2D eigenvalue weighted by Gasteiger charge is 2.22. The SMILES string of the molecule is COc1cccc2c1OCc1cn(nn1)CCCC(=O)NCC1CCCN(C2)C1.O=CO. The summed E-state index contributed by atoms with van der Waals surface area (Å²) in [6, 6.07) is 6.02. The summed E-state index contributed by atoms with van der Waals surface area (Å²) < 4.78 is 13.5. The van der Waals surface area contributed by atoms with E-state index in [1.807, 2.05) is 18.3 Å². The van der Waals surface area contributed by atoms with E-state index in [4.69, 9.17) is 19.4 Å². The number of amides is 1. The number of ether oxygens (including phenoxy) is 2. The van der Waals surface area contributed by atoms with Crippen LogP contribution < -0.4 is 14.8 Å². The van der Waals surface area contributed by atoms with Gasteiger partial charge in [-0.05, 0) is 37.8 Å². The average Bonchev–Trinajstić information content (AvgIpc) is 3.24. The van der Waals surface area contributed by atoms with Crippen LogP contribution in [0.2, 0.25) is 0 Å². The van der Waals surface area contributed by atoms with Gasteiger partial charge in [-0.2, -0.15) is 0 Å². The normalized spacial score (nSPS) is 21.5. The second-order valence-corrected chi connectivity index (χ2v) is 7.97. The molecule has 10 nitrogen and oxygen atoms in total. The Hall–Kier alpha value is -3.14. The lowest BCUT2D eigenvalue weighted by Crippen LogP contribution is -2.40. The van der Waals surface area contributed by atoms with Crippen molar-refractivity contribution in [1.29, 1.82) is 0 Å². The summed E-state index contributed by atoms with van der Waals surface area (Å²) >= 11 is 0. The van der Waals surface area contributed by atoms with Crippen molar-refractivity contribution in [1.82, 2.24) is 25.2 Å². The van der Waals surface area contributed by atoms with Gasteiger partial charge in [-0.1, -0.05) is 17.3 Å². The number of carboxylic acid groups (broad SMARTS) is 1. The van der Waals surface area contributed by atoms with Crippen LogP contribution >= 0.6 is 0 Å². The van der Waals surface area contributed by atoms with Crippen molar-refractivity contribution in [2.75, 3.05) is 26.7 Å². The first kappa shape index (κ1) is 23.5. The number of carbonyl (C=O) groups excluding carboxylic acids is 1. The second-order valence-electron chi connectivity index (χ2n) is 7.97. The standard InChI is InChI=1S/C21H29N5O3.CH2O2/c1-28-19-7-2-6-17-13-25-9-3-5-16(12-25)11-22-20(27)8-4-10-26-14-18(23-24-26)15-29-21(17)19;2-1-3/h2,6-7,14,16H,3-5,8-13,15H2,1H3,(H,22,27);1H,(H,2,3). The third-order valence-corrected chi connectivity index (χ3v) is 5.61. The molecule has 2 aliphatic rings. The molecule has 1 amide bonds. The van der Waals surface area contributed by atoms with E-state index in [1.165, 1.54) is 0 Å². The van der Waals surface area contributed by atoms with Gasteiger partial charge in [-0.3, -0.25) is 19.2 Å². The number of nitrogens with zero attached hydrogens (tertiary/aromatic N) is 4. The van der Waals surface area contributed by atoms with Crippen LogP contribution in [0.1, 0.15) is 36.9 Å².